The maximum atomic E-state index is 12.3. The van der Waals surface area contributed by atoms with Crippen molar-refractivity contribution in [2.45, 2.75) is 6.92 Å². The lowest BCUT2D eigenvalue weighted by atomic mass is 10.2. The highest BCUT2D eigenvalue weighted by Gasteiger charge is 2.21. The van der Waals surface area contributed by atoms with Crippen molar-refractivity contribution in [1.82, 2.24) is 0 Å². The molecule has 130 valence electrons. The predicted molar refractivity (Wildman–Crippen MR) is 110 cm³/mol. The van der Waals surface area contributed by atoms with Gasteiger partial charge in [0, 0.05) is 6.08 Å². The van der Waals surface area contributed by atoms with E-state index in [9.17, 15) is 4.79 Å². The van der Waals surface area contributed by atoms with Crippen molar-refractivity contribution in [1.29, 1.82) is 0 Å². The topological polar surface area (TPSA) is 26.3 Å². The third-order valence-corrected chi connectivity index (χ3v) is 6.38. The summed E-state index contributed by atoms with van der Waals surface area (Å²) in [5, 5.41) is 3.40. The molecule has 0 spiro atoms. The van der Waals surface area contributed by atoms with E-state index in [4.69, 9.17) is 4.74 Å². The lowest BCUT2D eigenvalue weighted by molar-refractivity contribution is -0.137. The Balaban J connectivity index is 2.17. The van der Waals surface area contributed by atoms with Crippen molar-refractivity contribution in [3.05, 3.63) is 103 Å². The van der Waals surface area contributed by atoms with E-state index in [0.717, 1.165) is 10.9 Å². The Morgan fingerprint density at radius 3 is 1.73 bits per heavy atom. The van der Waals surface area contributed by atoms with Gasteiger partial charge in [0.25, 0.3) is 0 Å². The number of carbonyl (C=O) groups excluding carboxylic acids is 1. The fraction of sp³-hybridized carbons (Fsp3) is 0.0870. The molecule has 26 heavy (non-hydrogen) atoms. The van der Waals surface area contributed by atoms with Crippen LogP contribution in [0.3, 0.4) is 0 Å². The van der Waals surface area contributed by atoms with Crippen LogP contribution in [0.5, 0.6) is 0 Å². The van der Waals surface area contributed by atoms with Gasteiger partial charge in [0.1, 0.15) is 0 Å². The Morgan fingerprint density at radius 1 is 0.808 bits per heavy atom. The van der Waals surface area contributed by atoms with Gasteiger partial charge in [0.2, 0.25) is 0 Å². The van der Waals surface area contributed by atoms with Gasteiger partial charge in [-0.3, -0.25) is 0 Å². The minimum atomic E-state index is -0.874. The molecule has 0 aliphatic rings. The van der Waals surface area contributed by atoms with Crippen molar-refractivity contribution in [2.24, 2.45) is 0 Å². The monoisotopic (exact) mass is 360 g/mol. The van der Waals surface area contributed by atoms with E-state index in [0.29, 0.717) is 6.61 Å². The number of hydrogen-bond acceptors (Lipinski definition) is 2. The Kier molecular flexibility index (Phi) is 6.35. The van der Waals surface area contributed by atoms with E-state index in [2.05, 4.69) is 24.3 Å². The predicted octanol–water partition coefficient (Wildman–Crippen LogP) is 4.72. The molecule has 0 atom stereocenters. The summed E-state index contributed by atoms with van der Waals surface area (Å²) in [5.41, 5.74) is 1.04. The second-order valence-electron chi connectivity index (χ2n) is 5.65. The number of carbonyl (C=O) groups is 1. The van der Waals surface area contributed by atoms with Gasteiger partial charge in [-0.05, 0) is 36.3 Å². The van der Waals surface area contributed by atoms with Crippen LogP contribution in [-0.2, 0) is 9.53 Å². The summed E-state index contributed by atoms with van der Waals surface area (Å²) in [6.45, 7) is 2.19. The van der Waals surface area contributed by atoms with E-state index >= 15 is 0 Å². The van der Waals surface area contributed by atoms with Crippen LogP contribution in [-0.4, -0.2) is 12.6 Å². The maximum absolute atomic E-state index is 12.3. The smallest absolute Gasteiger partial charge is 0.331 e. The summed E-state index contributed by atoms with van der Waals surface area (Å²) in [7, 11) is -0.874. The molecule has 3 aromatic rings. The molecule has 3 rings (SSSR count). The molecule has 0 unspecified atom stereocenters. The molecule has 0 amide bonds. The van der Waals surface area contributed by atoms with Crippen LogP contribution in [0.25, 0.3) is 5.31 Å². The van der Waals surface area contributed by atoms with Gasteiger partial charge in [0.15, 0.2) is 0 Å². The second-order valence-corrected chi connectivity index (χ2v) is 7.84. The molecule has 0 bridgehead atoms. The number of esters is 1. The molecule has 0 saturated carbocycles. The standard InChI is InChI=1S/C23H21O2P/c1-2-25-23(24)18-22(19-12-6-3-7-13-19)26(20-14-8-4-9-15-20)21-16-10-5-11-17-21/h3-18H,2H2,1H3/b22-18+. The molecule has 0 radical (unpaired) electrons. The lowest BCUT2D eigenvalue weighted by Crippen LogP contribution is -2.13. The minimum Gasteiger partial charge on any atom is -0.463 e. The first-order valence-corrected chi connectivity index (χ1v) is 9.98. The van der Waals surface area contributed by atoms with Gasteiger partial charge in [-0.1, -0.05) is 91.0 Å². The van der Waals surface area contributed by atoms with E-state index in [1.165, 1.54) is 10.6 Å². The summed E-state index contributed by atoms with van der Waals surface area (Å²) in [4.78, 5) is 12.3. The van der Waals surface area contributed by atoms with Gasteiger partial charge in [0.05, 0.1) is 6.61 Å². The Morgan fingerprint density at radius 2 is 1.27 bits per heavy atom. The van der Waals surface area contributed by atoms with E-state index in [1.54, 1.807) is 6.08 Å². The van der Waals surface area contributed by atoms with Gasteiger partial charge in [-0.2, -0.15) is 0 Å². The van der Waals surface area contributed by atoms with Crippen LogP contribution in [0.1, 0.15) is 12.5 Å². The molecule has 0 aliphatic heterocycles. The molecule has 0 aromatic heterocycles. The summed E-state index contributed by atoms with van der Waals surface area (Å²) >= 11 is 0. The van der Waals surface area contributed by atoms with Gasteiger partial charge in [-0.15, -0.1) is 0 Å². The highest BCUT2D eigenvalue weighted by Crippen LogP contribution is 2.48. The molecule has 3 aromatic carbocycles. The molecule has 3 heteroatoms. The SMILES string of the molecule is CCOC(=O)/C=C(\c1ccccc1)P(c1ccccc1)c1ccccc1. The highest BCUT2D eigenvalue weighted by atomic mass is 31.1. The second kappa shape index (κ2) is 9.12. The third kappa shape index (κ3) is 4.47. The molecule has 0 fully saturated rings. The summed E-state index contributed by atoms with van der Waals surface area (Å²) in [6.07, 6.45) is 1.66. The quantitative estimate of drug-likeness (QED) is 0.361. The first-order valence-electron chi connectivity index (χ1n) is 8.63. The average molecular weight is 360 g/mol. The molecular weight excluding hydrogens is 339 g/mol. The number of benzene rings is 3. The van der Waals surface area contributed by atoms with E-state index in [-0.39, 0.29) is 5.97 Å². The largest absolute Gasteiger partial charge is 0.463 e. The van der Waals surface area contributed by atoms with Crippen LogP contribution < -0.4 is 10.6 Å². The minimum absolute atomic E-state index is 0.300. The van der Waals surface area contributed by atoms with Gasteiger partial charge >= 0.3 is 5.97 Å². The molecular formula is C23H21O2P. The number of hydrogen-bond donors (Lipinski definition) is 0. The van der Waals surface area contributed by atoms with Gasteiger partial charge in [-0.25, -0.2) is 4.79 Å². The molecule has 0 aliphatic carbocycles. The first-order chi connectivity index (χ1) is 12.8. The highest BCUT2D eigenvalue weighted by molar-refractivity contribution is 7.82. The van der Waals surface area contributed by atoms with Crippen molar-refractivity contribution in [2.75, 3.05) is 6.61 Å². The van der Waals surface area contributed by atoms with Crippen LogP contribution >= 0.6 is 7.92 Å². The van der Waals surface area contributed by atoms with Crippen molar-refractivity contribution >= 4 is 29.8 Å². The molecule has 0 saturated heterocycles. The van der Waals surface area contributed by atoms with Crippen LogP contribution in [0.15, 0.2) is 97.1 Å². The van der Waals surface area contributed by atoms with E-state index in [1.807, 2.05) is 73.7 Å². The van der Waals surface area contributed by atoms with E-state index < -0.39 is 7.92 Å². The summed E-state index contributed by atoms with van der Waals surface area (Å²) < 4.78 is 5.21. The zero-order valence-electron chi connectivity index (χ0n) is 14.7. The summed E-state index contributed by atoms with van der Waals surface area (Å²) in [5.74, 6) is -0.300. The Bertz CT molecular complexity index is 819. The summed E-state index contributed by atoms with van der Waals surface area (Å²) in [6, 6.07) is 30.8. The average Bonchev–Trinajstić information content (AvgIpc) is 2.70. The lowest BCUT2D eigenvalue weighted by Gasteiger charge is -2.22. The van der Waals surface area contributed by atoms with Crippen LogP contribution in [0.2, 0.25) is 0 Å². The third-order valence-electron chi connectivity index (χ3n) is 3.88. The van der Waals surface area contributed by atoms with Crippen molar-refractivity contribution in [3.63, 3.8) is 0 Å². The zero-order chi connectivity index (χ0) is 18.2. The maximum Gasteiger partial charge on any atom is 0.331 e. The molecule has 0 N–H and O–H groups in total. The molecule has 0 heterocycles. The van der Waals surface area contributed by atoms with Crippen molar-refractivity contribution in [3.8, 4) is 0 Å². The zero-order valence-corrected chi connectivity index (χ0v) is 15.6. The Hall–Kier alpha value is -2.70. The van der Waals surface area contributed by atoms with Gasteiger partial charge < -0.3 is 4.74 Å². The fourth-order valence-corrected chi connectivity index (χ4v) is 5.20. The Labute approximate surface area is 155 Å². The molecule has 2 nitrogen and oxygen atoms in total. The normalized spacial score (nSPS) is 11.4. The number of rotatable bonds is 6. The fourth-order valence-electron chi connectivity index (χ4n) is 2.76. The van der Waals surface area contributed by atoms with Crippen molar-refractivity contribution < 1.29 is 9.53 Å². The van der Waals surface area contributed by atoms with Crippen LogP contribution in [0.4, 0.5) is 0 Å². The van der Waals surface area contributed by atoms with Crippen LogP contribution in [0, 0.1) is 0 Å². The number of ether oxygens (including phenoxy) is 1. The first kappa shape index (κ1) is 18.1.